The van der Waals surface area contributed by atoms with E-state index in [0.29, 0.717) is 32.2 Å². The van der Waals surface area contributed by atoms with Gasteiger partial charge in [0.15, 0.2) is 0 Å². The molecule has 0 aromatic heterocycles. The first kappa shape index (κ1) is 21.1. The second-order valence-electron chi connectivity index (χ2n) is 7.46. The minimum atomic E-state index is -0.886. The molecule has 0 unspecified atom stereocenters. The fourth-order valence-corrected chi connectivity index (χ4v) is 3.92. The minimum absolute atomic E-state index is 0.163. The molecule has 160 valence electrons. The molecule has 0 N–H and O–H groups in total. The third-order valence-electron chi connectivity index (χ3n) is 5.50. The largest absolute Gasteiger partial charge is 0.336 e. The summed E-state index contributed by atoms with van der Waals surface area (Å²) in [7, 11) is 0. The predicted molar refractivity (Wildman–Crippen MR) is 108 cm³/mol. The van der Waals surface area contributed by atoms with E-state index in [1.165, 1.54) is 29.2 Å². The molecular formula is C24H20F4N2O. The van der Waals surface area contributed by atoms with Gasteiger partial charge >= 0.3 is 0 Å². The molecule has 31 heavy (non-hydrogen) atoms. The van der Waals surface area contributed by atoms with Gasteiger partial charge in [-0.1, -0.05) is 24.3 Å². The summed E-state index contributed by atoms with van der Waals surface area (Å²) in [4.78, 5) is 16.3. The molecule has 1 amide bonds. The van der Waals surface area contributed by atoms with Crippen molar-refractivity contribution in [3.05, 3.63) is 107 Å². The van der Waals surface area contributed by atoms with Crippen molar-refractivity contribution < 1.29 is 22.4 Å². The van der Waals surface area contributed by atoms with Gasteiger partial charge in [-0.3, -0.25) is 9.69 Å². The van der Waals surface area contributed by atoms with E-state index >= 15 is 0 Å². The van der Waals surface area contributed by atoms with Gasteiger partial charge in [0.1, 0.15) is 23.3 Å². The Morgan fingerprint density at radius 3 is 1.65 bits per heavy atom. The fraction of sp³-hybridized carbons (Fsp3) is 0.208. The molecule has 0 atom stereocenters. The molecule has 3 aromatic rings. The third-order valence-corrected chi connectivity index (χ3v) is 5.50. The SMILES string of the molecule is O=C(c1ccc(F)cc1F)N1CCN(C(c2ccc(F)cc2)c2ccc(F)cc2)CC1. The Morgan fingerprint density at radius 2 is 1.16 bits per heavy atom. The smallest absolute Gasteiger partial charge is 0.256 e. The summed E-state index contributed by atoms with van der Waals surface area (Å²) in [5, 5.41) is 0. The van der Waals surface area contributed by atoms with Crippen molar-refractivity contribution in [1.82, 2.24) is 9.80 Å². The summed E-state index contributed by atoms with van der Waals surface area (Å²) in [6.07, 6.45) is 0. The van der Waals surface area contributed by atoms with Gasteiger partial charge in [0.25, 0.3) is 5.91 Å². The highest BCUT2D eigenvalue weighted by Crippen LogP contribution is 2.30. The summed E-state index contributed by atoms with van der Waals surface area (Å²) in [5.41, 5.74) is 1.53. The Hall–Kier alpha value is -3.19. The molecule has 4 rings (SSSR count). The number of piperazine rings is 1. The lowest BCUT2D eigenvalue weighted by atomic mass is 9.96. The standard InChI is InChI=1S/C24H20F4N2O/c25-18-5-1-16(2-6-18)23(17-3-7-19(26)8-4-17)29-11-13-30(14-12-29)24(31)21-10-9-20(27)15-22(21)28/h1-10,15,23H,11-14H2. The highest BCUT2D eigenvalue weighted by atomic mass is 19.1. The molecule has 3 nitrogen and oxygen atoms in total. The van der Waals surface area contributed by atoms with Crippen molar-refractivity contribution in [2.24, 2.45) is 0 Å². The number of hydrogen-bond donors (Lipinski definition) is 0. The van der Waals surface area contributed by atoms with Crippen LogP contribution in [0.25, 0.3) is 0 Å². The van der Waals surface area contributed by atoms with Crippen molar-refractivity contribution in [3.63, 3.8) is 0 Å². The highest BCUT2D eigenvalue weighted by molar-refractivity contribution is 5.94. The maximum absolute atomic E-state index is 14.0. The van der Waals surface area contributed by atoms with Gasteiger partial charge in [0, 0.05) is 32.2 Å². The van der Waals surface area contributed by atoms with Crippen LogP contribution in [0.1, 0.15) is 27.5 Å². The number of rotatable bonds is 4. The molecule has 3 aromatic carbocycles. The maximum Gasteiger partial charge on any atom is 0.256 e. The second kappa shape index (κ2) is 8.89. The monoisotopic (exact) mass is 428 g/mol. The number of carbonyl (C=O) groups is 1. The summed E-state index contributed by atoms with van der Waals surface area (Å²) >= 11 is 0. The summed E-state index contributed by atoms with van der Waals surface area (Å²) < 4.78 is 54.0. The molecule has 0 aliphatic carbocycles. The first-order valence-electron chi connectivity index (χ1n) is 9.91. The molecule has 0 radical (unpaired) electrons. The normalized spacial score (nSPS) is 14.8. The lowest BCUT2D eigenvalue weighted by Crippen LogP contribution is -2.50. The minimum Gasteiger partial charge on any atom is -0.336 e. The maximum atomic E-state index is 14.0. The Morgan fingerprint density at radius 1 is 0.677 bits per heavy atom. The van der Waals surface area contributed by atoms with Crippen LogP contribution in [0.2, 0.25) is 0 Å². The molecule has 0 spiro atoms. The summed E-state index contributed by atoms with van der Waals surface area (Å²) in [6.45, 7) is 1.64. The fourth-order valence-electron chi connectivity index (χ4n) is 3.92. The van der Waals surface area contributed by atoms with E-state index in [4.69, 9.17) is 0 Å². The average molecular weight is 428 g/mol. The van der Waals surface area contributed by atoms with Crippen LogP contribution in [0.4, 0.5) is 17.6 Å². The van der Waals surface area contributed by atoms with Crippen LogP contribution < -0.4 is 0 Å². The van der Waals surface area contributed by atoms with Gasteiger partial charge < -0.3 is 4.90 Å². The highest BCUT2D eigenvalue weighted by Gasteiger charge is 2.29. The van der Waals surface area contributed by atoms with Crippen molar-refractivity contribution >= 4 is 5.91 Å². The first-order valence-corrected chi connectivity index (χ1v) is 9.91. The van der Waals surface area contributed by atoms with Crippen LogP contribution in [0, 0.1) is 23.3 Å². The van der Waals surface area contributed by atoms with E-state index in [0.717, 1.165) is 23.3 Å². The van der Waals surface area contributed by atoms with E-state index < -0.39 is 17.5 Å². The van der Waals surface area contributed by atoms with E-state index in [1.54, 1.807) is 24.3 Å². The second-order valence-corrected chi connectivity index (χ2v) is 7.46. The number of benzene rings is 3. The van der Waals surface area contributed by atoms with Crippen LogP contribution in [-0.4, -0.2) is 41.9 Å². The molecule has 1 aliphatic rings. The van der Waals surface area contributed by atoms with Crippen LogP contribution >= 0.6 is 0 Å². The number of amides is 1. The number of carbonyl (C=O) groups excluding carboxylic acids is 1. The lowest BCUT2D eigenvalue weighted by molar-refractivity contribution is 0.0592. The zero-order valence-electron chi connectivity index (χ0n) is 16.6. The Kier molecular flexibility index (Phi) is 6.04. The average Bonchev–Trinajstić information content (AvgIpc) is 2.77. The topological polar surface area (TPSA) is 23.6 Å². The van der Waals surface area contributed by atoms with Gasteiger partial charge in [-0.25, -0.2) is 17.6 Å². The van der Waals surface area contributed by atoms with Crippen LogP contribution in [0.15, 0.2) is 66.7 Å². The van der Waals surface area contributed by atoms with Crippen molar-refractivity contribution in [2.45, 2.75) is 6.04 Å². The van der Waals surface area contributed by atoms with E-state index in [1.807, 2.05) is 0 Å². The van der Waals surface area contributed by atoms with Gasteiger partial charge in [-0.05, 0) is 47.5 Å². The molecule has 0 saturated carbocycles. The Balaban J connectivity index is 1.54. The molecule has 7 heteroatoms. The van der Waals surface area contributed by atoms with E-state index in [-0.39, 0.29) is 23.2 Å². The van der Waals surface area contributed by atoms with E-state index in [9.17, 15) is 22.4 Å². The number of hydrogen-bond acceptors (Lipinski definition) is 2. The predicted octanol–water partition coefficient (Wildman–Crippen LogP) is 4.79. The Bertz CT molecular complexity index is 1020. The molecule has 1 heterocycles. The van der Waals surface area contributed by atoms with Crippen molar-refractivity contribution in [1.29, 1.82) is 0 Å². The zero-order chi connectivity index (χ0) is 22.0. The quantitative estimate of drug-likeness (QED) is 0.558. The molecular weight excluding hydrogens is 408 g/mol. The number of nitrogens with zero attached hydrogens (tertiary/aromatic N) is 2. The van der Waals surface area contributed by atoms with Gasteiger partial charge in [-0.2, -0.15) is 0 Å². The van der Waals surface area contributed by atoms with Crippen LogP contribution in [-0.2, 0) is 0 Å². The summed E-state index contributed by atoms with van der Waals surface area (Å²) in [6, 6.07) is 14.9. The zero-order valence-corrected chi connectivity index (χ0v) is 16.6. The summed E-state index contributed by atoms with van der Waals surface area (Å²) in [5.74, 6) is -2.81. The Labute approximate surface area is 177 Å². The van der Waals surface area contributed by atoms with Crippen molar-refractivity contribution in [3.8, 4) is 0 Å². The van der Waals surface area contributed by atoms with Gasteiger partial charge in [0.05, 0.1) is 11.6 Å². The first-order chi connectivity index (χ1) is 14.9. The molecule has 1 saturated heterocycles. The van der Waals surface area contributed by atoms with Crippen molar-refractivity contribution in [2.75, 3.05) is 26.2 Å². The van der Waals surface area contributed by atoms with E-state index in [2.05, 4.69) is 4.90 Å². The third kappa shape index (κ3) is 4.61. The van der Waals surface area contributed by atoms with Gasteiger partial charge in [0.2, 0.25) is 0 Å². The molecule has 1 aliphatic heterocycles. The van der Waals surface area contributed by atoms with Crippen LogP contribution in [0.5, 0.6) is 0 Å². The lowest BCUT2D eigenvalue weighted by Gasteiger charge is -2.39. The molecule has 0 bridgehead atoms. The molecule has 1 fully saturated rings. The number of halogens is 4. The van der Waals surface area contributed by atoms with Crippen LogP contribution in [0.3, 0.4) is 0 Å². The van der Waals surface area contributed by atoms with Gasteiger partial charge in [-0.15, -0.1) is 0 Å².